The van der Waals surface area contributed by atoms with Gasteiger partial charge in [0.25, 0.3) is 0 Å². The van der Waals surface area contributed by atoms with Gasteiger partial charge in [-0.2, -0.15) is 0 Å². The summed E-state index contributed by atoms with van der Waals surface area (Å²) in [6.45, 7) is 2.04. The van der Waals surface area contributed by atoms with Crippen LogP contribution >= 0.6 is 0 Å². The number of carbonyl (C=O) groups is 1. The molecule has 0 unspecified atom stereocenters. The first-order valence-electron chi connectivity index (χ1n) is 9.76. The summed E-state index contributed by atoms with van der Waals surface area (Å²) >= 11 is 0. The van der Waals surface area contributed by atoms with Crippen molar-refractivity contribution < 1.29 is 4.79 Å². The number of aromatic nitrogens is 2. The Morgan fingerprint density at radius 2 is 1.28 bits per heavy atom. The summed E-state index contributed by atoms with van der Waals surface area (Å²) in [7, 11) is 0. The van der Waals surface area contributed by atoms with E-state index in [4.69, 9.17) is 0 Å². The first-order chi connectivity index (χ1) is 14.2. The van der Waals surface area contributed by atoms with Gasteiger partial charge in [-0.25, -0.2) is 0 Å². The molecule has 4 heteroatoms. The SMILES string of the molecule is Cc1cccc2c1NC(=O)C2(c1c[nH]c2ccccc12)c1c[nH]c2ccccc12. The average molecular weight is 377 g/mol. The number of aromatic amines is 2. The van der Waals surface area contributed by atoms with Crippen LogP contribution in [0.4, 0.5) is 5.69 Å². The molecule has 3 heterocycles. The zero-order chi connectivity index (χ0) is 19.6. The molecule has 3 N–H and O–H groups in total. The van der Waals surface area contributed by atoms with E-state index >= 15 is 0 Å². The van der Waals surface area contributed by atoms with Crippen LogP contribution in [-0.2, 0) is 10.2 Å². The van der Waals surface area contributed by atoms with E-state index in [1.54, 1.807) is 0 Å². The fraction of sp³-hybridized carbons (Fsp3) is 0.0800. The van der Waals surface area contributed by atoms with Gasteiger partial charge in [-0.05, 0) is 24.6 Å². The van der Waals surface area contributed by atoms with Gasteiger partial charge in [0.05, 0.1) is 0 Å². The number of amides is 1. The second kappa shape index (κ2) is 5.61. The molecule has 0 bridgehead atoms. The van der Waals surface area contributed by atoms with Crippen molar-refractivity contribution in [2.24, 2.45) is 0 Å². The van der Waals surface area contributed by atoms with Crippen LogP contribution < -0.4 is 5.32 Å². The number of anilines is 1. The molecule has 0 aliphatic carbocycles. The van der Waals surface area contributed by atoms with Crippen molar-refractivity contribution in [1.29, 1.82) is 0 Å². The number of carbonyl (C=O) groups excluding carboxylic acids is 1. The number of fused-ring (bicyclic) bond motifs is 3. The molecule has 0 spiro atoms. The van der Waals surface area contributed by atoms with E-state index in [9.17, 15) is 4.79 Å². The first kappa shape index (κ1) is 16.2. The number of rotatable bonds is 2. The summed E-state index contributed by atoms with van der Waals surface area (Å²) in [5.41, 5.74) is 6.04. The van der Waals surface area contributed by atoms with E-state index < -0.39 is 5.41 Å². The maximum absolute atomic E-state index is 13.9. The minimum Gasteiger partial charge on any atom is -0.361 e. The minimum atomic E-state index is -0.930. The number of aryl methyl sites for hydroxylation is 1. The molecule has 1 aliphatic heterocycles. The van der Waals surface area contributed by atoms with Crippen LogP contribution in [0.3, 0.4) is 0 Å². The zero-order valence-corrected chi connectivity index (χ0v) is 15.9. The molecule has 1 aliphatic rings. The van der Waals surface area contributed by atoms with Gasteiger partial charge in [-0.3, -0.25) is 4.79 Å². The second-order valence-corrected chi connectivity index (χ2v) is 7.70. The van der Waals surface area contributed by atoms with Crippen molar-refractivity contribution in [3.63, 3.8) is 0 Å². The summed E-state index contributed by atoms with van der Waals surface area (Å²) in [5.74, 6) is -0.0173. The molecule has 0 radical (unpaired) electrons. The molecule has 0 atom stereocenters. The Bertz CT molecular complexity index is 1350. The predicted octanol–water partition coefficient (Wildman–Crippen LogP) is 5.24. The average Bonchev–Trinajstić information content (AvgIpc) is 3.43. The Hall–Kier alpha value is -3.79. The van der Waals surface area contributed by atoms with E-state index in [0.29, 0.717) is 0 Å². The molecule has 0 fully saturated rings. The lowest BCUT2D eigenvalue weighted by atomic mass is 9.70. The van der Waals surface area contributed by atoms with Crippen molar-refractivity contribution >= 4 is 33.4 Å². The summed E-state index contributed by atoms with van der Waals surface area (Å²) < 4.78 is 0. The second-order valence-electron chi connectivity index (χ2n) is 7.70. The minimum absolute atomic E-state index is 0.0173. The van der Waals surface area contributed by atoms with Crippen LogP contribution in [0.5, 0.6) is 0 Å². The maximum Gasteiger partial charge on any atom is 0.244 e. The van der Waals surface area contributed by atoms with Gasteiger partial charge < -0.3 is 15.3 Å². The first-order valence-corrected chi connectivity index (χ1v) is 9.76. The largest absolute Gasteiger partial charge is 0.361 e. The highest BCUT2D eigenvalue weighted by molar-refractivity contribution is 6.15. The molecule has 29 heavy (non-hydrogen) atoms. The lowest BCUT2D eigenvalue weighted by Crippen LogP contribution is -2.36. The monoisotopic (exact) mass is 377 g/mol. The summed E-state index contributed by atoms with van der Waals surface area (Å²) in [6.07, 6.45) is 3.98. The van der Waals surface area contributed by atoms with Gasteiger partial charge in [0, 0.05) is 56.6 Å². The normalized spacial score (nSPS) is 15.0. The third-order valence-corrected chi connectivity index (χ3v) is 6.24. The van der Waals surface area contributed by atoms with E-state index in [2.05, 4.69) is 33.5 Å². The van der Waals surface area contributed by atoms with Crippen LogP contribution in [0.25, 0.3) is 21.8 Å². The third-order valence-electron chi connectivity index (χ3n) is 6.24. The Balaban J connectivity index is 1.81. The molecular weight excluding hydrogens is 358 g/mol. The molecular formula is C25H19N3O. The third kappa shape index (κ3) is 1.95. The van der Waals surface area contributed by atoms with Crippen LogP contribution in [0.1, 0.15) is 22.3 Å². The van der Waals surface area contributed by atoms with Crippen LogP contribution in [0.2, 0.25) is 0 Å². The topological polar surface area (TPSA) is 60.7 Å². The van der Waals surface area contributed by atoms with Gasteiger partial charge in [0.2, 0.25) is 5.91 Å². The molecule has 0 saturated carbocycles. The number of para-hydroxylation sites is 3. The lowest BCUT2D eigenvalue weighted by molar-refractivity contribution is -0.118. The standard InChI is InChI=1S/C25H19N3O/c1-15-7-6-10-18-23(15)28-24(29)25(18,19-13-26-21-11-4-2-8-16(19)21)20-14-27-22-12-5-3-9-17(20)22/h2-14,26-27H,1H3,(H,28,29). The number of hydrogen-bond acceptors (Lipinski definition) is 1. The number of benzene rings is 3. The summed E-state index contributed by atoms with van der Waals surface area (Å²) in [6, 6.07) is 22.5. The van der Waals surface area contributed by atoms with Crippen LogP contribution in [0.15, 0.2) is 79.1 Å². The molecule has 0 saturated heterocycles. The van der Waals surface area contributed by atoms with Crippen LogP contribution in [-0.4, -0.2) is 15.9 Å². The van der Waals surface area contributed by atoms with E-state index in [0.717, 1.165) is 49.7 Å². The molecule has 5 aromatic rings. The van der Waals surface area contributed by atoms with Gasteiger partial charge in [-0.15, -0.1) is 0 Å². The summed E-state index contributed by atoms with van der Waals surface area (Å²) in [5, 5.41) is 5.31. The Morgan fingerprint density at radius 1 is 0.690 bits per heavy atom. The van der Waals surface area contributed by atoms with E-state index in [1.165, 1.54) is 0 Å². The van der Waals surface area contributed by atoms with Gasteiger partial charge >= 0.3 is 0 Å². The van der Waals surface area contributed by atoms with Gasteiger partial charge in [-0.1, -0.05) is 54.6 Å². The Labute approximate surface area is 167 Å². The van der Waals surface area contributed by atoms with E-state index in [1.807, 2.05) is 67.8 Å². The fourth-order valence-electron chi connectivity index (χ4n) is 4.92. The molecule has 2 aromatic heterocycles. The molecule has 3 aromatic carbocycles. The molecule has 1 amide bonds. The smallest absolute Gasteiger partial charge is 0.244 e. The fourth-order valence-corrected chi connectivity index (χ4v) is 4.92. The highest BCUT2D eigenvalue weighted by atomic mass is 16.2. The van der Waals surface area contributed by atoms with Gasteiger partial charge in [0.1, 0.15) is 5.41 Å². The Morgan fingerprint density at radius 3 is 1.90 bits per heavy atom. The quantitative estimate of drug-likeness (QED) is 0.387. The molecule has 140 valence electrons. The number of nitrogens with one attached hydrogen (secondary N) is 3. The lowest BCUT2D eigenvalue weighted by Gasteiger charge is -2.28. The number of H-pyrrole nitrogens is 2. The Kier molecular flexibility index (Phi) is 3.13. The number of hydrogen-bond donors (Lipinski definition) is 3. The molecule has 6 rings (SSSR count). The summed E-state index contributed by atoms with van der Waals surface area (Å²) in [4.78, 5) is 20.6. The highest BCUT2D eigenvalue weighted by Crippen LogP contribution is 2.51. The van der Waals surface area contributed by atoms with Gasteiger partial charge in [0.15, 0.2) is 0 Å². The molecule has 4 nitrogen and oxygen atoms in total. The van der Waals surface area contributed by atoms with Crippen molar-refractivity contribution in [1.82, 2.24) is 9.97 Å². The van der Waals surface area contributed by atoms with E-state index in [-0.39, 0.29) is 5.91 Å². The van der Waals surface area contributed by atoms with Crippen molar-refractivity contribution in [3.8, 4) is 0 Å². The van der Waals surface area contributed by atoms with Crippen molar-refractivity contribution in [2.45, 2.75) is 12.3 Å². The highest BCUT2D eigenvalue weighted by Gasteiger charge is 2.52. The van der Waals surface area contributed by atoms with Crippen molar-refractivity contribution in [3.05, 3.63) is 101 Å². The maximum atomic E-state index is 13.9. The van der Waals surface area contributed by atoms with Crippen molar-refractivity contribution in [2.75, 3.05) is 5.32 Å². The predicted molar refractivity (Wildman–Crippen MR) is 116 cm³/mol. The van der Waals surface area contributed by atoms with Crippen LogP contribution in [0, 0.1) is 6.92 Å². The zero-order valence-electron chi connectivity index (χ0n) is 15.9.